The van der Waals surface area contributed by atoms with E-state index < -0.39 is 0 Å². The molecule has 3 nitrogen and oxygen atoms in total. The second-order valence-electron chi connectivity index (χ2n) is 5.20. The maximum Gasteiger partial charge on any atom is 0.123 e. The van der Waals surface area contributed by atoms with Crippen LogP contribution in [0, 0.1) is 11.7 Å². The van der Waals surface area contributed by atoms with Crippen molar-refractivity contribution in [3.8, 4) is 0 Å². The average Bonchev–Trinajstić information content (AvgIpc) is 2.79. The Morgan fingerprint density at radius 1 is 1.21 bits per heavy atom. The van der Waals surface area contributed by atoms with Crippen molar-refractivity contribution in [1.82, 2.24) is 15.1 Å². The number of nitrogens with zero attached hydrogens (tertiary/aromatic N) is 2. The Balaban J connectivity index is 1.88. The van der Waals surface area contributed by atoms with E-state index in [-0.39, 0.29) is 5.82 Å². The van der Waals surface area contributed by atoms with Gasteiger partial charge >= 0.3 is 0 Å². The Morgan fingerprint density at radius 3 is 2.63 bits per heavy atom. The van der Waals surface area contributed by atoms with Crippen LogP contribution in [0.15, 0.2) is 36.7 Å². The van der Waals surface area contributed by atoms with Crippen LogP contribution in [0.2, 0.25) is 0 Å². The number of nitrogens with one attached hydrogen (secondary N) is 1. The molecule has 1 aromatic heterocycles. The monoisotopic (exact) mass is 261 g/mol. The van der Waals surface area contributed by atoms with Crippen LogP contribution in [0.3, 0.4) is 0 Å². The molecule has 0 aliphatic rings. The highest BCUT2D eigenvalue weighted by atomic mass is 19.1. The summed E-state index contributed by atoms with van der Waals surface area (Å²) in [4.78, 5) is 0. The predicted molar refractivity (Wildman–Crippen MR) is 74.3 cm³/mol. The number of hydrogen-bond acceptors (Lipinski definition) is 2. The fourth-order valence-corrected chi connectivity index (χ4v) is 1.87. The zero-order valence-corrected chi connectivity index (χ0v) is 11.4. The molecule has 0 aliphatic heterocycles. The third-order valence-corrected chi connectivity index (χ3v) is 2.83. The molecule has 0 unspecified atom stereocenters. The van der Waals surface area contributed by atoms with Gasteiger partial charge in [0.2, 0.25) is 0 Å². The third kappa shape index (κ3) is 4.48. The van der Waals surface area contributed by atoms with Crippen molar-refractivity contribution in [2.45, 2.75) is 26.9 Å². The molecule has 19 heavy (non-hydrogen) atoms. The van der Waals surface area contributed by atoms with Crippen LogP contribution in [-0.2, 0) is 13.1 Å². The summed E-state index contributed by atoms with van der Waals surface area (Å²) in [6.45, 7) is 6.88. The van der Waals surface area contributed by atoms with Crippen molar-refractivity contribution in [2.75, 3.05) is 6.54 Å². The van der Waals surface area contributed by atoms with E-state index in [1.54, 1.807) is 12.1 Å². The molecule has 0 atom stereocenters. The number of benzene rings is 1. The van der Waals surface area contributed by atoms with E-state index in [0.29, 0.717) is 12.5 Å². The van der Waals surface area contributed by atoms with E-state index in [2.05, 4.69) is 24.3 Å². The van der Waals surface area contributed by atoms with Gasteiger partial charge in [0.15, 0.2) is 0 Å². The molecule has 0 spiro atoms. The second kappa shape index (κ2) is 6.48. The summed E-state index contributed by atoms with van der Waals surface area (Å²) >= 11 is 0. The first kappa shape index (κ1) is 13.7. The van der Waals surface area contributed by atoms with E-state index in [9.17, 15) is 4.39 Å². The molecule has 0 amide bonds. The molecule has 0 fully saturated rings. The highest BCUT2D eigenvalue weighted by molar-refractivity contribution is 5.16. The molecule has 0 saturated carbocycles. The van der Waals surface area contributed by atoms with Gasteiger partial charge in [0.05, 0.1) is 12.7 Å². The lowest BCUT2D eigenvalue weighted by Crippen LogP contribution is -2.18. The quantitative estimate of drug-likeness (QED) is 0.866. The van der Waals surface area contributed by atoms with Crippen LogP contribution >= 0.6 is 0 Å². The van der Waals surface area contributed by atoms with Gasteiger partial charge < -0.3 is 5.32 Å². The van der Waals surface area contributed by atoms with E-state index in [4.69, 9.17) is 0 Å². The van der Waals surface area contributed by atoms with Crippen LogP contribution < -0.4 is 5.32 Å². The Hall–Kier alpha value is -1.68. The molecular formula is C15H20FN3. The lowest BCUT2D eigenvalue weighted by atomic mass is 10.2. The molecule has 2 rings (SSSR count). The normalized spacial score (nSPS) is 11.2. The molecule has 0 aliphatic carbocycles. The standard InChI is InChI=1S/C15H20FN3/c1-12(2)7-17-8-14-9-18-19(11-14)10-13-3-5-15(16)6-4-13/h3-6,9,11-12,17H,7-8,10H2,1-2H3. The van der Waals surface area contributed by atoms with Crippen molar-refractivity contribution < 1.29 is 4.39 Å². The smallest absolute Gasteiger partial charge is 0.123 e. The topological polar surface area (TPSA) is 29.9 Å². The lowest BCUT2D eigenvalue weighted by molar-refractivity contribution is 0.552. The summed E-state index contributed by atoms with van der Waals surface area (Å²) in [5, 5.41) is 7.70. The Bertz CT molecular complexity index is 502. The van der Waals surface area contributed by atoms with Gasteiger partial charge in [0.25, 0.3) is 0 Å². The molecule has 0 bridgehead atoms. The number of aromatic nitrogens is 2. The highest BCUT2D eigenvalue weighted by Gasteiger charge is 2.01. The third-order valence-electron chi connectivity index (χ3n) is 2.83. The predicted octanol–water partition coefficient (Wildman–Crippen LogP) is 2.82. The molecule has 0 saturated heterocycles. The molecule has 1 heterocycles. The zero-order valence-electron chi connectivity index (χ0n) is 11.4. The molecule has 1 N–H and O–H groups in total. The van der Waals surface area contributed by atoms with Crippen LogP contribution in [-0.4, -0.2) is 16.3 Å². The SMILES string of the molecule is CC(C)CNCc1cnn(Cc2ccc(F)cc2)c1. The zero-order chi connectivity index (χ0) is 13.7. The molecule has 1 aromatic carbocycles. The van der Waals surface area contributed by atoms with Gasteiger partial charge in [0.1, 0.15) is 5.82 Å². The Labute approximate surface area is 113 Å². The van der Waals surface area contributed by atoms with Gasteiger partial charge in [-0.3, -0.25) is 4.68 Å². The molecular weight excluding hydrogens is 241 g/mol. The van der Waals surface area contributed by atoms with E-state index in [1.807, 2.05) is 17.1 Å². The number of halogens is 1. The minimum atomic E-state index is -0.206. The first-order chi connectivity index (χ1) is 9.13. The maximum atomic E-state index is 12.8. The van der Waals surface area contributed by atoms with Gasteiger partial charge in [-0.05, 0) is 30.2 Å². The largest absolute Gasteiger partial charge is 0.312 e. The summed E-state index contributed by atoms with van der Waals surface area (Å²) in [7, 11) is 0. The van der Waals surface area contributed by atoms with Crippen LogP contribution in [0.5, 0.6) is 0 Å². The minimum absolute atomic E-state index is 0.206. The van der Waals surface area contributed by atoms with E-state index in [0.717, 1.165) is 18.7 Å². The fraction of sp³-hybridized carbons (Fsp3) is 0.400. The molecule has 0 radical (unpaired) electrons. The molecule has 4 heteroatoms. The minimum Gasteiger partial charge on any atom is -0.312 e. The van der Waals surface area contributed by atoms with Crippen molar-refractivity contribution in [3.63, 3.8) is 0 Å². The summed E-state index contributed by atoms with van der Waals surface area (Å²) in [5.74, 6) is 0.442. The fourth-order valence-electron chi connectivity index (χ4n) is 1.87. The highest BCUT2D eigenvalue weighted by Crippen LogP contribution is 2.06. The van der Waals surface area contributed by atoms with Gasteiger partial charge in [-0.1, -0.05) is 26.0 Å². The second-order valence-corrected chi connectivity index (χ2v) is 5.20. The number of rotatable bonds is 6. The van der Waals surface area contributed by atoms with E-state index >= 15 is 0 Å². The first-order valence-corrected chi connectivity index (χ1v) is 6.60. The van der Waals surface area contributed by atoms with E-state index in [1.165, 1.54) is 17.7 Å². The van der Waals surface area contributed by atoms with Crippen LogP contribution in [0.1, 0.15) is 25.0 Å². The number of hydrogen-bond donors (Lipinski definition) is 1. The maximum absolute atomic E-state index is 12.8. The van der Waals surface area contributed by atoms with Crippen LogP contribution in [0.4, 0.5) is 4.39 Å². The van der Waals surface area contributed by atoms with Crippen molar-refractivity contribution in [1.29, 1.82) is 0 Å². The summed E-state index contributed by atoms with van der Waals surface area (Å²) < 4.78 is 14.7. The summed E-state index contributed by atoms with van der Waals surface area (Å²) in [6.07, 6.45) is 3.90. The summed E-state index contributed by atoms with van der Waals surface area (Å²) in [6, 6.07) is 6.52. The van der Waals surface area contributed by atoms with Gasteiger partial charge in [-0.2, -0.15) is 5.10 Å². The van der Waals surface area contributed by atoms with Crippen molar-refractivity contribution in [2.24, 2.45) is 5.92 Å². The van der Waals surface area contributed by atoms with Gasteiger partial charge in [-0.15, -0.1) is 0 Å². The Kier molecular flexibility index (Phi) is 4.68. The first-order valence-electron chi connectivity index (χ1n) is 6.60. The van der Waals surface area contributed by atoms with Crippen LogP contribution in [0.25, 0.3) is 0 Å². The molecule has 2 aromatic rings. The lowest BCUT2D eigenvalue weighted by Gasteiger charge is -2.05. The van der Waals surface area contributed by atoms with Crippen molar-refractivity contribution >= 4 is 0 Å². The Morgan fingerprint density at radius 2 is 1.95 bits per heavy atom. The van der Waals surface area contributed by atoms with Gasteiger partial charge in [-0.25, -0.2) is 4.39 Å². The van der Waals surface area contributed by atoms with Crippen molar-refractivity contribution in [3.05, 3.63) is 53.6 Å². The molecule has 102 valence electrons. The average molecular weight is 261 g/mol. The summed E-state index contributed by atoms with van der Waals surface area (Å²) in [5.41, 5.74) is 2.22. The van der Waals surface area contributed by atoms with Gasteiger partial charge in [0, 0.05) is 18.3 Å².